The Labute approximate surface area is 131 Å². The quantitative estimate of drug-likeness (QED) is 0.913. The van der Waals surface area contributed by atoms with Crippen molar-refractivity contribution >= 4 is 17.6 Å². The Morgan fingerprint density at radius 1 is 1.14 bits per heavy atom. The Bertz CT molecular complexity index is 588. The number of carbonyl (C=O) groups excluding carboxylic acids is 1. The summed E-state index contributed by atoms with van der Waals surface area (Å²) in [4.78, 5) is 25.9. The molecule has 1 aromatic rings. The molecular formula is C18H23NO3. The largest absolute Gasteiger partial charge is 0.481 e. The average Bonchev–Trinajstić information content (AvgIpc) is 2.53. The van der Waals surface area contributed by atoms with Crippen LogP contribution in [-0.2, 0) is 16.0 Å². The number of aliphatic carboxylic acids is 1. The van der Waals surface area contributed by atoms with Gasteiger partial charge in [0.25, 0.3) is 0 Å². The zero-order valence-corrected chi connectivity index (χ0v) is 13.0. The zero-order valence-electron chi connectivity index (χ0n) is 13.0. The van der Waals surface area contributed by atoms with Crippen molar-refractivity contribution in [1.29, 1.82) is 0 Å². The van der Waals surface area contributed by atoms with Crippen LogP contribution >= 0.6 is 0 Å². The second kappa shape index (κ2) is 6.11. The topological polar surface area (TPSA) is 57.6 Å². The molecule has 22 heavy (non-hydrogen) atoms. The molecule has 0 unspecified atom stereocenters. The number of nitrogens with zero attached hydrogens (tertiary/aromatic N) is 1. The van der Waals surface area contributed by atoms with E-state index in [0.717, 1.165) is 25.1 Å². The van der Waals surface area contributed by atoms with Crippen LogP contribution in [0.3, 0.4) is 0 Å². The summed E-state index contributed by atoms with van der Waals surface area (Å²) < 4.78 is 0. The summed E-state index contributed by atoms with van der Waals surface area (Å²) in [5, 5.41) is 9.08. The van der Waals surface area contributed by atoms with Gasteiger partial charge in [0.05, 0.1) is 5.92 Å². The van der Waals surface area contributed by atoms with Crippen LogP contribution < -0.4 is 4.90 Å². The van der Waals surface area contributed by atoms with Gasteiger partial charge < -0.3 is 10.0 Å². The molecule has 1 aliphatic heterocycles. The molecule has 0 saturated heterocycles. The number of fused-ring (bicyclic) bond motifs is 1. The van der Waals surface area contributed by atoms with Gasteiger partial charge in [-0.25, -0.2) is 0 Å². The van der Waals surface area contributed by atoms with Crippen molar-refractivity contribution in [2.24, 2.45) is 11.8 Å². The molecule has 1 fully saturated rings. The number of benzene rings is 1. The zero-order chi connectivity index (χ0) is 15.7. The van der Waals surface area contributed by atoms with Gasteiger partial charge in [0, 0.05) is 18.2 Å². The van der Waals surface area contributed by atoms with Gasteiger partial charge >= 0.3 is 5.97 Å². The van der Waals surface area contributed by atoms with Gasteiger partial charge in [0.2, 0.25) is 5.91 Å². The summed E-state index contributed by atoms with van der Waals surface area (Å²) in [6.45, 7) is 2.84. The summed E-state index contributed by atoms with van der Waals surface area (Å²) in [6.07, 6.45) is 4.69. The molecule has 4 nitrogen and oxygen atoms in total. The van der Waals surface area contributed by atoms with E-state index >= 15 is 0 Å². The maximum absolute atomic E-state index is 12.9. The predicted molar refractivity (Wildman–Crippen MR) is 84.9 cm³/mol. The van der Waals surface area contributed by atoms with Crippen molar-refractivity contribution in [3.05, 3.63) is 29.3 Å². The van der Waals surface area contributed by atoms with Gasteiger partial charge in [-0.2, -0.15) is 0 Å². The molecule has 3 rings (SSSR count). The van der Waals surface area contributed by atoms with Crippen molar-refractivity contribution in [2.45, 2.75) is 45.4 Å². The lowest BCUT2D eigenvalue weighted by molar-refractivity contribution is -0.144. The van der Waals surface area contributed by atoms with Crippen molar-refractivity contribution in [1.82, 2.24) is 0 Å². The second-order valence-corrected chi connectivity index (χ2v) is 6.61. The molecule has 4 heteroatoms. The fourth-order valence-electron chi connectivity index (χ4n) is 3.72. The molecule has 0 aromatic heterocycles. The molecule has 1 N–H and O–H groups in total. The molecular weight excluding hydrogens is 278 g/mol. The van der Waals surface area contributed by atoms with Crippen LogP contribution in [0.25, 0.3) is 0 Å². The van der Waals surface area contributed by atoms with E-state index in [1.807, 2.05) is 4.90 Å². The fraction of sp³-hybridized carbons (Fsp3) is 0.556. The number of hydrogen-bond acceptors (Lipinski definition) is 2. The molecule has 1 heterocycles. The summed E-state index contributed by atoms with van der Waals surface area (Å²) in [5.74, 6) is -0.803. The van der Waals surface area contributed by atoms with E-state index in [1.165, 1.54) is 11.1 Å². The molecule has 0 atom stereocenters. The molecule has 2 aliphatic rings. The Kier molecular flexibility index (Phi) is 4.19. The van der Waals surface area contributed by atoms with Gasteiger partial charge in [-0.05, 0) is 62.6 Å². The van der Waals surface area contributed by atoms with E-state index in [2.05, 4.69) is 25.1 Å². The van der Waals surface area contributed by atoms with Crippen molar-refractivity contribution in [3.63, 3.8) is 0 Å². The minimum Gasteiger partial charge on any atom is -0.481 e. The fourth-order valence-corrected chi connectivity index (χ4v) is 3.72. The van der Waals surface area contributed by atoms with Gasteiger partial charge in [0.15, 0.2) is 0 Å². The van der Waals surface area contributed by atoms with Crippen LogP contribution in [0.4, 0.5) is 5.69 Å². The number of carboxylic acids is 1. The van der Waals surface area contributed by atoms with E-state index in [1.54, 1.807) is 0 Å². The third-order valence-corrected chi connectivity index (χ3v) is 5.05. The van der Waals surface area contributed by atoms with Crippen LogP contribution in [0.15, 0.2) is 18.2 Å². The first-order valence-corrected chi connectivity index (χ1v) is 8.20. The molecule has 1 aromatic carbocycles. The van der Waals surface area contributed by atoms with E-state index in [4.69, 9.17) is 5.11 Å². The highest BCUT2D eigenvalue weighted by Crippen LogP contribution is 2.34. The standard InChI is InChI=1S/C18H23NO3/c1-12-4-5-13-3-2-10-19(16(13)11-12)17(20)14-6-8-15(9-7-14)18(21)22/h4-5,11,14-15H,2-3,6-10H2,1H3,(H,21,22). The van der Waals surface area contributed by atoms with E-state index < -0.39 is 5.97 Å². The number of aryl methyl sites for hydroxylation is 2. The molecule has 0 spiro atoms. The number of hydrogen-bond donors (Lipinski definition) is 1. The lowest BCUT2D eigenvalue weighted by atomic mass is 9.81. The normalized spacial score (nSPS) is 24.7. The van der Waals surface area contributed by atoms with Crippen molar-refractivity contribution in [3.8, 4) is 0 Å². The highest BCUT2D eigenvalue weighted by Gasteiger charge is 2.33. The first kappa shape index (κ1) is 15.1. The number of amides is 1. The molecule has 0 bridgehead atoms. The Hall–Kier alpha value is -1.84. The second-order valence-electron chi connectivity index (χ2n) is 6.61. The SMILES string of the molecule is Cc1ccc2c(c1)N(C(=O)C1CCC(C(=O)O)CC1)CCC2. The first-order valence-electron chi connectivity index (χ1n) is 8.20. The van der Waals surface area contributed by atoms with Crippen LogP contribution in [0.2, 0.25) is 0 Å². The Morgan fingerprint density at radius 2 is 1.82 bits per heavy atom. The summed E-state index contributed by atoms with van der Waals surface area (Å²) in [5.41, 5.74) is 3.49. The number of rotatable bonds is 2. The van der Waals surface area contributed by atoms with Gasteiger partial charge in [-0.3, -0.25) is 9.59 Å². The number of anilines is 1. The highest BCUT2D eigenvalue weighted by molar-refractivity contribution is 5.96. The smallest absolute Gasteiger partial charge is 0.306 e. The number of carbonyl (C=O) groups is 2. The van der Waals surface area contributed by atoms with Crippen LogP contribution in [0.1, 0.15) is 43.2 Å². The third kappa shape index (κ3) is 2.87. The summed E-state index contributed by atoms with van der Waals surface area (Å²) in [6, 6.07) is 6.34. The molecule has 118 valence electrons. The predicted octanol–water partition coefficient (Wildman–Crippen LogP) is 3.17. The monoisotopic (exact) mass is 301 g/mol. The van der Waals surface area contributed by atoms with Crippen molar-refractivity contribution in [2.75, 3.05) is 11.4 Å². The number of carboxylic acid groups (broad SMARTS) is 1. The van der Waals surface area contributed by atoms with E-state index in [-0.39, 0.29) is 17.7 Å². The van der Waals surface area contributed by atoms with Crippen molar-refractivity contribution < 1.29 is 14.7 Å². The highest BCUT2D eigenvalue weighted by atomic mass is 16.4. The maximum Gasteiger partial charge on any atom is 0.306 e. The van der Waals surface area contributed by atoms with Gasteiger partial charge in [0.1, 0.15) is 0 Å². The lowest BCUT2D eigenvalue weighted by Gasteiger charge is -2.34. The molecule has 1 saturated carbocycles. The summed E-state index contributed by atoms with van der Waals surface area (Å²) in [7, 11) is 0. The van der Waals surface area contributed by atoms with E-state index in [0.29, 0.717) is 25.7 Å². The Morgan fingerprint density at radius 3 is 2.50 bits per heavy atom. The van der Waals surface area contributed by atoms with Gasteiger partial charge in [-0.15, -0.1) is 0 Å². The summed E-state index contributed by atoms with van der Waals surface area (Å²) >= 11 is 0. The van der Waals surface area contributed by atoms with Crippen LogP contribution in [0.5, 0.6) is 0 Å². The minimum absolute atomic E-state index is 0.0120. The van der Waals surface area contributed by atoms with Crippen LogP contribution in [-0.4, -0.2) is 23.5 Å². The third-order valence-electron chi connectivity index (χ3n) is 5.05. The minimum atomic E-state index is -0.718. The molecule has 0 radical (unpaired) electrons. The van der Waals surface area contributed by atoms with Crippen LogP contribution in [0, 0.1) is 18.8 Å². The molecule has 1 aliphatic carbocycles. The Balaban J connectivity index is 1.74. The average molecular weight is 301 g/mol. The molecule has 1 amide bonds. The van der Waals surface area contributed by atoms with Gasteiger partial charge in [-0.1, -0.05) is 12.1 Å². The van der Waals surface area contributed by atoms with E-state index in [9.17, 15) is 9.59 Å². The lowest BCUT2D eigenvalue weighted by Crippen LogP contribution is -2.41. The first-order chi connectivity index (χ1) is 10.6. The maximum atomic E-state index is 12.9.